The summed E-state index contributed by atoms with van der Waals surface area (Å²) in [6.07, 6.45) is 1.79. The Labute approximate surface area is 165 Å². The van der Waals surface area contributed by atoms with E-state index in [1.165, 1.54) is 6.07 Å². The Morgan fingerprint density at radius 3 is 2.25 bits per heavy atom. The third kappa shape index (κ3) is 2.77. The first kappa shape index (κ1) is 19.9. The van der Waals surface area contributed by atoms with Gasteiger partial charge >= 0.3 is 0 Å². The molecule has 0 amide bonds. The third-order valence-electron chi connectivity index (χ3n) is 5.73. The molecule has 0 saturated heterocycles. The average molecular weight is 382 g/mol. The molecule has 1 aromatic carbocycles. The molecule has 3 rings (SSSR count). The van der Waals surface area contributed by atoms with Crippen molar-refractivity contribution < 1.29 is 18.7 Å². The number of allylic oxidation sites excluding steroid dienone is 2. The number of rotatable bonds is 6. The largest absolute Gasteiger partial charge is 0.500 e. The molecular weight excluding hydrogens is 356 g/mol. The van der Waals surface area contributed by atoms with Crippen molar-refractivity contribution in [2.24, 2.45) is 0 Å². The number of benzene rings is 1. The van der Waals surface area contributed by atoms with Crippen molar-refractivity contribution >= 4 is 5.78 Å². The van der Waals surface area contributed by atoms with Gasteiger partial charge in [-0.2, -0.15) is 0 Å². The summed E-state index contributed by atoms with van der Waals surface area (Å²) in [7, 11) is 3.14. The summed E-state index contributed by atoms with van der Waals surface area (Å²) >= 11 is 0. The van der Waals surface area contributed by atoms with Crippen LogP contribution < -0.4 is 10.2 Å². The topological polar surface area (TPSA) is 65.7 Å². The lowest BCUT2D eigenvalue weighted by molar-refractivity contribution is 0.0975. The summed E-state index contributed by atoms with van der Waals surface area (Å²) in [5, 5.41) is 0. The van der Waals surface area contributed by atoms with Gasteiger partial charge in [0.2, 0.25) is 0 Å². The minimum absolute atomic E-state index is 0.125. The van der Waals surface area contributed by atoms with Crippen molar-refractivity contribution in [3.8, 4) is 17.1 Å². The van der Waals surface area contributed by atoms with E-state index in [9.17, 15) is 9.59 Å². The van der Waals surface area contributed by atoms with Crippen LogP contribution in [0.25, 0.3) is 11.3 Å². The lowest BCUT2D eigenvalue weighted by Gasteiger charge is -2.37. The molecule has 0 N–H and O–H groups in total. The van der Waals surface area contributed by atoms with Gasteiger partial charge < -0.3 is 13.9 Å². The zero-order chi connectivity index (χ0) is 20.5. The molecule has 1 aliphatic carbocycles. The average Bonchev–Trinajstić information content (AvgIpc) is 2.73. The Kier molecular flexibility index (Phi) is 5.45. The van der Waals surface area contributed by atoms with E-state index in [4.69, 9.17) is 13.9 Å². The first-order valence-electron chi connectivity index (χ1n) is 9.63. The minimum Gasteiger partial charge on any atom is -0.500 e. The molecule has 2 aromatic rings. The summed E-state index contributed by atoms with van der Waals surface area (Å²) in [5.74, 6) is 1.69. The fourth-order valence-corrected chi connectivity index (χ4v) is 4.20. The van der Waals surface area contributed by atoms with Crippen molar-refractivity contribution in [2.75, 3.05) is 14.2 Å². The van der Waals surface area contributed by atoms with Gasteiger partial charge in [-0.3, -0.25) is 9.59 Å². The molecular formula is C23H26O5. The second-order valence-corrected chi connectivity index (χ2v) is 6.86. The predicted octanol–water partition coefficient (Wildman–Crippen LogP) is 4.88. The molecule has 0 unspecified atom stereocenters. The predicted molar refractivity (Wildman–Crippen MR) is 108 cm³/mol. The Bertz CT molecular complexity index is 992. The van der Waals surface area contributed by atoms with Gasteiger partial charge in [0.1, 0.15) is 28.6 Å². The smallest absolute Gasteiger partial charge is 0.199 e. The van der Waals surface area contributed by atoms with Crippen LogP contribution in [-0.4, -0.2) is 20.0 Å². The second-order valence-electron chi connectivity index (χ2n) is 6.86. The van der Waals surface area contributed by atoms with Crippen LogP contribution >= 0.6 is 0 Å². The number of hydrogen-bond acceptors (Lipinski definition) is 5. The molecule has 0 atom stereocenters. The zero-order valence-corrected chi connectivity index (χ0v) is 17.0. The van der Waals surface area contributed by atoms with Gasteiger partial charge in [0, 0.05) is 11.6 Å². The molecule has 1 aromatic heterocycles. The highest BCUT2D eigenvalue weighted by Gasteiger charge is 2.47. The highest BCUT2D eigenvalue weighted by atomic mass is 16.5. The highest BCUT2D eigenvalue weighted by molar-refractivity contribution is 6.11. The Balaban J connectivity index is 2.38. The van der Waals surface area contributed by atoms with Gasteiger partial charge in [-0.15, -0.1) is 0 Å². The van der Waals surface area contributed by atoms with E-state index in [1.807, 2.05) is 45.0 Å². The maximum Gasteiger partial charge on any atom is 0.199 e. The van der Waals surface area contributed by atoms with Gasteiger partial charge in [-0.05, 0) is 31.4 Å². The third-order valence-corrected chi connectivity index (χ3v) is 5.73. The summed E-state index contributed by atoms with van der Waals surface area (Å²) < 4.78 is 17.4. The minimum atomic E-state index is -0.652. The first-order chi connectivity index (χ1) is 13.5. The maximum absolute atomic E-state index is 13.1. The molecule has 5 nitrogen and oxygen atoms in total. The fraction of sp³-hybridized carbons (Fsp3) is 0.391. The molecule has 1 aliphatic rings. The number of Topliss-reactive ketones (excluding diaryl/α,β-unsaturated/α-hetero) is 1. The molecule has 148 valence electrons. The Morgan fingerprint density at radius 1 is 1.00 bits per heavy atom. The molecule has 5 heteroatoms. The van der Waals surface area contributed by atoms with E-state index in [0.29, 0.717) is 53.4 Å². The Morgan fingerprint density at radius 2 is 1.68 bits per heavy atom. The molecule has 1 heterocycles. The molecule has 0 spiro atoms. The van der Waals surface area contributed by atoms with Crippen molar-refractivity contribution in [3.05, 3.63) is 63.2 Å². The number of hydrogen-bond donors (Lipinski definition) is 0. The number of methoxy groups -OCH3 is 2. The van der Waals surface area contributed by atoms with Crippen molar-refractivity contribution in [1.29, 1.82) is 0 Å². The number of para-hydroxylation sites is 1. The summed E-state index contributed by atoms with van der Waals surface area (Å²) in [6, 6.07) is 8.73. The number of ketones is 1. The number of carbonyl (C=O) groups is 1. The van der Waals surface area contributed by atoms with Crippen LogP contribution in [0.4, 0.5) is 0 Å². The van der Waals surface area contributed by atoms with E-state index in [2.05, 4.69) is 0 Å². The molecule has 0 saturated carbocycles. The summed E-state index contributed by atoms with van der Waals surface area (Å²) in [6.45, 7) is 5.94. The molecule has 0 bridgehead atoms. The van der Waals surface area contributed by atoms with Gasteiger partial charge in [-0.1, -0.05) is 32.9 Å². The van der Waals surface area contributed by atoms with Crippen LogP contribution in [0.5, 0.6) is 5.75 Å². The number of fused-ring (bicyclic) bond motifs is 1. The van der Waals surface area contributed by atoms with Crippen molar-refractivity contribution in [2.45, 2.75) is 45.4 Å². The van der Waals surface area contributed by atoms with Gasteiger partial charge in [0.05, 0.1) is 25.2 Å². The van der Waals surface area contributed by atoms with Crippen molar-refractivity contribution in [3.63, 3.8) is 0 Å². The normalized spacial score (nSPS) is 15.4. The van der Waals surface area contributed by atoms with Crippen LogP contribution in [0.3, 0.4) is 0 Å². The van der Waals surface area contributed by atoms with Gasteiger partial charge in [-0.25, -0.2) is 0 Å². The van der Waals surface area contributed by atoms with Crippen LogP contribution in [-0.2, 0) is 10.2 Å². The molecule has 0 aliphatic heterocycles. The zero-order valence-electron chi connectivity index (χ0n) is 17.0. The van der Waals surface area contributed by atoms with Crippen LogP contribution in [0.15, 0.2) is 50.9 Å². The summed E-state index contributed by atoms with van der Waals surface area (Å²) in [5.41, 5.74) is 0.360. The van der Waals surface area contributed by atoms with Crippen molar-refractivity contribution in [1.82, 2.24) is 0 Å². The SMILES string of the molecule is CCC1=C(OC)C(CC)(CC)c2oc(-c3ccccc3OC)cc(=O)c2C1=O. The molecule has 28 heavy (non-hydrogen) atoms. The maximum atomic E-state index is 13.1. The molecule has 0 radical (unpaired) electrons. The lowest BCUT2D eigenvalue weighted by atomic mass is 9.69. The molecule has 0 fully saturated rings. The quantitative estimate of drug-likeness (QED) is 0.712. The number of carbonyl (C=O) groups excluding carboxylic acids is 1. The van der Waals surface area contributed by atoms with Gasteiger partial charge in [0.15, 0.2) is 11.2 Å². The number of ether oxygens (including phenoxy) is 2. The van der Waals surface area contributed by atoms with E-state index in [0.717, 1.165) is 0 Å². The van der Waals surface area contributed by atoms with Crippen LogP contribution in [0.2, 0.25) is 0 Å². The highest BCUT2D eigenvalue weighted by Crippen LogP contribution is 2.47. The van der Waals surface area contributed by atoms with Gasteiger partial charge in [0.25, 0.3) is 0 Å². The van der Waals surface area contributed by atoms with Crippen LogP contribution in [0.1, 0.15) is 56.2 Å². The fourth-order valence-electron chi connectivity index (χ4n) is 4.20. The lowest BCUT2D eigenvalue weighted by Crippen LogP contribution is -2.39. The van der Waals surface area contributed by atoms with E-state index >= 15 is 0 Å². The second kappa shape index (κ2) is 7.66. The standard InChI is InChI=1S/C23H26O5/c1-6-14-20(25)19-16(24)13-18(15-11-9-10-12-17(15)26-4)28-22(19)23(7-2,8-3)21(14)27-5/h9-13H,6-8H2,1-5H3. The van der Waals surface area contributed by atoms with E-state index in [-0.39, 0.29) is 16.8 Å². The van der Waals surface area contributed by atoms with E-state index in [1.54, 1.807) is 14.2 Å². The van der Waals surface area contributed by atoms with Crippen LogP contribution in [0, 0.1) is 0 Å². The monoisotopic (exact) mass is 382 g/mol. The first-order valence-corrected chi connectivity index (χ1v) is 9.63. The summed E-state index contributed by atoms with van der Waals surface area (Å²) in [4.78, 5) is 26.2. The Hall–Kier alpha value is -2.82. The van der Waals surface area contributed by atoms with E-state index < -0.39 is 5.41 Å².